The van der Waals surface area contributed by atoms with E-state index < -0.39 is 0 Å². The van der Waals surface area contributed by atoms with Crippen LogP contribution in [0.25, 0.3) is 0 Å². The Morgan fingerprint density at radius 1 is 1.32 bits per heavy atom. The molecule has 0 aliphatic carbocycles. The van der Waals surface area contributed by atoms with Crippen LogP contribution in [0.1, 0.15) is 30.3 Å². The number of benzene rings is 1. The second-order valence-corrected chi connectivity index (χ2v) is 5.00. The zero-order valence-corrected chi connectivity index (χ0v) is 12.7. The Labute approximate surface area is 129 Å². The molecule has 5 nitrogen and oxygen atoms in total. The van der Waals surface area contributed by atoms with Crippen molar-refractivity contribution in [1.82, 2.24) is 14.9 Å². The lowest BCUT2D eigenvalue weighted by Gasteiger charge is -2.16. The van der Waals surface area contributed by atoms with E-state index in [0.717, 1.165) is 12.8 Å². The van der Waals surface area contributed by atoms with Crippen LogP contribution in [0, 0.1) is 5.82 Å². The molecule has 0 unspecified atom stereocenters. The molecular weight excluding hydrogens is 283 g/mol. The number of nitrogens with one attached hydrogen (secondary N) is 1. The molecule has 0 saturated heterocycles. The fourth-order valence-electron chi connectivity index (χ4n) is 1.91. The van der Waals surface area contributed by atoms with Crippen LogP contribution in [0.2, 0.25) is 0 Å². The number of carbonyl (C=O) groups excluding carboxylic acids is 1. The second-order valence-electron chi connectivity index (χ2n) is 5.00. The lowest BCUT2D eigenvalue weighted by molar-refractivity contribution is 0.0787. The van der Waals surface area contributed by atoms with Crippen LogP contribution in [-0.2, 0) is 0 Å². The summed E-state index contributed by atoms with van der Waals surface area (Å²) in [6.45, 7) is 2.77. The molecule has 22 heavy (non-hydrogen) atoms. The normalized spacial score (nSPS) is 10.3. The van der Waals surface area contributed by atoms with Gasteiger partial charge in [-0.25, -0.2) is 14.4 Å². The van der Waals surface area contributed by atoms with Crippen molar-refractivity contribution in [3.8, 4) is 0 Å². The Bertz CT molecular complexity index is 630. The number of hydrogen-bond donors (Lipinski definition) is 1. The van der Waals surface area contributed by atoms with E-state index in [1.165, 1.54) is 24.5 Å². The van der Waals surface area contributed by atoms with Gasteiger partial charge < -0.3 is 10.2 Å². The first-order valence-electron chi connectivity index (χ1n) is 7.20. The van der Waals surface area contributed by atoms with E-state index >= 15 is 0 Å². The number of hydrogen-bond acceptors (Lipinski definition) is 4. The number of anilines is 2. The number of carbonyl (C=O) groups is 1. The van der Waals surface area contributed by atoms with Gasteiger partial charge in [-0.15, -0.1) is 0 Å². The van der Waals surface area contributed by atoms with Gasteiger partial charge in [-0.1, -0.05) is 19.4 Å². The number of amides is 1. The molecule has 6 heteroatoms. The summed E-state index contributed by atoms with van der Waals surface area (Å²) in [6, 6.07) is 6.05. The second kappa shape index (κ2) is 7.49. The maximum atomic E-state index is 13.1. The third kappa shape index (κ3) is 4.25. The molecule has 0 aliphatic heterocycles. The topological polar surface area (TPSA) is 58.1 Å². The van der Waals surface area contributed by atoms with Crippen molar-refractivity contribution < 1.29 is 9.18 Å². The molecule has 0 radical (unpaired) electrons. The Hall–Kier alpha value is -2.50. The highest BCUT2D eigenvalue weighted by Crippen LogP contribution is 2.14. The van der Waals surface area contributed by atoms with E-state index in [9.17, 15) is 9.18 Å². The fourth-order valence-corrected chi connectivity index (χ4v) is 1.91. The summed E-state index contributed by atoms with van der Waals surface area (Å²) in [5.74, 6) is -0.0288. The molecule has 0 spiro atoms. The minimum Gasteiger partial charge on any atom is -0.340 e. The summed E-state index contributed by atoms with van der Waals surface area (Å²) in [6.07, 6.45) is 4.87. The Morgan fingerprint density at radius 3 is 2.77 bits per heavy atom. The highest BCUT2D eigenvalue weighted by atomic mass is 19.1. The number of nitrogens with zero attached hydrogens (tertiary/aromatic N) is 3. The zero-order chi connectivity index (χ0) is 15.9. The van der Waals surface area contributed by atoms with Gasteiger partial charge in [0, 0.05) is 19.3 Å². The van der Waals surface area contributed by atoms with Crippen LogP contribution in [0.4, 0.5) is 15.9 Å². The summed E-state index contributed by atoms with van der Waals surface area (Å²) in [5, 5.41) is 2.94. The van der Waals surface area contributed by atoms with Gasteiger partial charge in [-0.2, -0.15) is 0 Å². The Morgan fingerprint density at radius 2 is 2.14 bits per heavy atom. The largest absolute Gasteiger partial charge is 0.340 e. The van der Waals surface area contributed by atoms with Gasteiger partial charge in [0.1, 0.15) is 17.3 Å². The maximum Gasteiger partial charge on any atom is 0.273 e. The van der Waals surface area contributed by atoms with E-state index in [2.05, 4.69) is 22.2 Å². The van der Waals surface area contributed by atoms with Crippen molar-refractivity contribution in [3.63, 3.8) is 0 Å². The molecule has 0 aliphatic rings. The standard InChI is InChI=1S/C16H19FN4O/c1-3-4-8-21(2)16(22)14-10-19-15(11-18-14)20-13-7-5-6-12(17)9-13/h5-7,9-11H,3-4,8H2,1-2H3,(H,19,20). The minimum absolute atomic E-state index is 0.154. The van der Waals surface area contributed by atoms with Gasteiger partial charge in [-0.3, -0.25) is 4.79 Å². The molecule has 1 aromatic carbocycles. The first kappa shape index (κ1) is 15.9. The van der Waals surface area contributed by atoms with Crippen LogP contribution in [0.15, 0.2) is 36.7 Å². The average Bonchev–Trinajstić information content (AvgIpc) is 2.52. The van der Waals surface area contributed by atoms with E-state index in [-0.39, 0.29) is 11.7 Å². The van der Waals surface area contributed by atoms with Crippen LogP contribution >= 0.6 is 0 Å². The molecule has 1 amide bonds. The number of rotatable bonds is 6. The van der Waals surface area contributed by atoms with Gasteiger partial charge >= 0.3 is 0 Å². The summed E-state index contributed by atoms with van der Waals surface area (Å²) in [7, 11) is 1.75. The predicted molar refractivity (Wildman–Crippen MR) is 83.6 cm³/mol. The maximum absolute atomic E-state index is 13.1. The van der Waals surface area contributed by atoms with E-state index in [1.807, 2.05) is 0 Å². The van der Waals surface area contributed by atoms with E-state index in [0.29, 0.717) is 23.7 Å². The average molecular weight is 302 g/mol. The number of halogens is 1. The first-order chi connectivity index (χ1) is 10.6. The lowest BCUT2D eigenvalue weighted by atomic mass is 10.3. The van der Waals surface area contributed by atoms with Gasteiger partial charge in [0.15, 0.2) is 0 Å². The molecule has 0 bridgehead atoms. The Kier molecular flexibility index (Phi) is 5.41. The third-order valence-electron chi connectivity index (χ3n) is 3.16. The molecule has 0 saturated carbocycles. The highest BCUT2D eigenvalue weighted by molar-refractivity contribution is 5.91. The van der Waals surface area contributed by atoms with Crippen molar-refractivity contribution in [1.29, 1.82) is 0 Å². The monoisotopic (exact) mass is 302 g/mol. The molecule has 2 rings (SSSR count). The van der Waals surface area contributed by atoms with Crippen LogP contribution < -0.4 is 5.32 Å². The summed E-state index contributed by atoms with van der Waals surface area (Å²) < 4.78 is 13.1. The SMILES string of the molecule is CCCCN(C)C(=O)c1cnc(Nc2cccc(F)c2)cn1. The first-order valence-corrected chi connectivity index (χ1v) is 7.20. The highest BCUT2D eigenvalue weighted by Gasteiger charge is 2.13. The summed E-state index contributed by atoms with van der Waals surface area (Å²) in [5.41, 5.74) is 0.872. The van der Waals surface area contributed by atoms with Crippen molar-refractivity contribution >= 4 is 17.4 Å². The van der Waals surface area contributed by atoms with Gasteiger partial charge in [0.25, 0.3) is 5.91 Å². The molecule has 1 N–H and O–H groups in total. The molecule has 116 valence electrons. The van der Waals surface area contributed by atoms with Crippen molar-refractivity contribution in [2.24, 2.45) is 0 Å². The van der Waals surface area contributed by atoms with Gasteiger partial charge in [0.2, 0.25) is 0 Å². The molecule has 1 aromatic heterocycles. The van der Waals surface area contributed by atoms with Crippen molar-refractivity contribution in [2.75, 3.05) is 18.9 Å². The predicted octanol–water partition coefficient (Wildman–Crippen LogP) is 3.23. The summed E-state index contributed by atoms with van der Waals surface area (Å²) in [4.78, 5) is 22.0. The van der Waals surface area contributed by atoms with Crippen molar-refractivity contribution in [2.45, 2.75) is 19.8 Å². The molecule has 0 atom stereocenters. The lowest BCUT2D eigenvalue weighted by Crippen LogP contribution is -2.28. The van der Waals surface area contributed by atoms with Crippen LogP contribution in [0.5, 0.6) is 0 Å². The molecule has 2 aromatic rings. The molecule has 0 fully saturated rings. The Balaban J connectivity index is 2.02. The molecular formula is C16H19FN4O. The quantitative estimate of drug-likeness (QED) is 0.890. The minimum atomic E-state index is -0.331. The number of aromatic nitrogens is 2. The zero-order valence-electron chi connectivity index (χ0n) is 12.7. The third-order valence-corrected chi connectivity index (χ3v) is 3.16. The van der Waals surface area contributed by atoms with Crippen molar-refractivity contribution in [3.05, 3.63) is 48.2 Å². The van der Waals surface area contributed by atoms with Crippen LogP contribution in [-0.4, -0.2) is 34.4 Å². The van der Waals surface area contributed by atoms with E-state index in [1.54, 1.807) is 24.1 Å². The smallest absolute Gasteiger partial charge is 0.273 e. The fraction of sp³-hybridized carbons (Fsp3) is 0.312. The van der Waals surface area contributed by atoms with Crippen LogP contribution in [0.3, 0.4) is 0 Å². The van der Waals surface area contributed by atoms with Gasteiger partial charge in [-0.05, 0) is 24.6 Å². The number of unbranched alkanes of at least 4 members (excludes halogenated alkanes) is 1. The summed E-state index contributed by atoms with van der Waals surface area (Å²) >= 11 is 0. The van der Waals surface area contributed by atoms with E-state index in [4.69, 9.17) is 0 Å². The molecule has 1 heterocycles. The van der Waals surface area contributed by atoms with Gasteiger partial charge in [0.05, 0.1) is 12.4 Å².